The van der Waals surface area contributed by atoms with E-state index in [2.05, 4.69) is 10.4 Å². The van der Waals surface area contributed by atoms with Crippen LogP contribution >= 0.6 is 11.6 Å². The van der Waals surface area contributed by atoms with Gasteiger partial charge in [-0.3, -0.25) is 9.59 Å². The Balaban J connectivity index is 1.63. The molecule has 1 N–H and O–H groups in total. The van der Waals surface area contributed by atoms with Gasteiger partial charge in [0.05, 0.1) is 18.2 Å². The maximum atomic E-state index is 12.6. The van der Waals surface area contributed by atoms with Crippen LogP contribution in [0, 0.1) is 5.92 Å². The maximum Gasteiger partial charge on any atom is 0.276 e. The first kappa shape index (κ1) is 22.4. The van der Waals surface area contributed by atoms with E-state index < -0.39 is 5.91 Å². The van der Waals surface area contributed by atoms with Gasteiger partial charge >= 0.3 is 0 Å². The number of hydrogen-bond donors (Lipinski definition) is 1. The van der Waals surface area contributed by atoms with Gasteiger partial charge in [-0.15, -0.1) is 0 Å². The van der Waals surface area contributed by atoms with E-state index in [1.54, 1.807) is 18.2 Å². The van der Waals surface area contributed by atoms with E-state index >= 15 is 0 Å². The molecule has 162 valence electrons. The van der Waals surface area contributed by atoms with Crippen LogP contribution in [0.2, 0.25) is 5.02 Å². The molecule has 0 fully saturated rings. The quantitative estimate of drug-likeness (QED) is 0.536. The van der Waals surface area contributed by atoms with Crippen molar-refractivity contribution in [1.82, 2.24) is 9.78 Å². The fraction of sp³-hybridized carbons (Fsp3) is 0.261. The van der Waals surface area contributed by atoms with E-state index in [1.807, 2.05) is 44.2 Å². The van der Waals surface area contributed by atoms with E-state index in [9.17, 15) is 9.59 Å². The zero-order chi connectivity index (χ0) is 22.2. The summed E-state index contributed by atoms with van der Waals surface area (Å²) in [5.41, 5.74) is 0.289. The molecule has 3 rings (SSSR count). The summed E-state index contributed by atoms with van der Waals surface area (Å²) in [6.07, 6.45) is 0. The van der Waals surface area contributed by atoms with Gasteiger partial charge in [-0.05, 0) is 42.3 Å². The number of ether oxygens (including phenoxy) is 2. The molecule has 31 heavy (non-hydrogen) atoms. The Kier molecular flexibility index (Phi) is 7.67. The van der Waals surface area contributed by atoms with Gasteiger partial charge in [0.1, 0.15) is 23.8 Å². The lowest BCUT2D eigenvalue weighted by molar-refractivity contribution is 0.101. The van der Waals surface area contributed by atoms with Gasteiger partial charge in [-0.2, -0.15) is 5.10 Å². The Morgan fingerprint density at radius 1 is 1.10 bits per heavy atom. The van der Waals surface area contributed by atoms with Crippen LogP contribution in [0.4, 0.5) is 5.69 Å². The van der Waals surface area contributed by atoms with Gasteiger partial charge in [-0.25, -0.2) is 4.68 Å². The van der Waals surface area contributed by atoms with Crippen molar-refractivity contribution < 1.29 is 14.3 Å². The van der Waals surface area contributed by atoms with E-state index in [1.165, 1.54) is 16.8 Å². The highest BCUT2D eigenvalue weighted by Gasteiger charge is 2.12. The monoisotopic (exact) mass is 441 g/mol. The van der Waals surface area contributed by atoms with Crippen molar-refractivity contribution in [3.8, 4) is 11.5 Å². The average Bonchev–Trinajstić information content (AvgIpc) is 2.75. The number of para-hydroxylation sites is 1. The van der Waals surface area contributed by atoms with Gasteiger partial charge in [0.2, 0.25) is 0 Å². The second-order valence-electron chi connectivity index (χ2n) is 7.25. The number of carbonyl (C=O) groups excluding carboxylic acids is 1. The van der Waals surface area contributed by atoms with E-state index in [0.29, 0.717) is 34.7 Å². The van der Waals surface area contributed by atoms with Gasteiger partial charge in [0, 0.05) is 11.8 Å². The Bertz CT molecular complexity index is 1080. The lowest BCUT2D eigenvalue weighted by atomic mass is 10.2. The number of carbonyl (C=O) groups is 1. The number of amides is 1. The molecule has 0 atom stereocenters. The third-order valence-corrected chi connectivity index (χ3v) is 4.47. The van der Waals surface area contributed by atoms with Crippen LogP contribution in [0.3, 0.4) is 0 Å². The Morgan fingerprint density at radius 2 is 1.87 bits per heavy atom. The number of hydrogen-bond acceptors (Lipinski definition) is 5. The molecule has 0 saturated heterocycles. The summed E-state index contributed by atoms with van der Waals surface area (Å²) in [5.74, 6) is 1.17. The fourth-order valence-corrected chi connectivity index (χ4v) is 2.88. The largest absolute Gasteiger partial charge is 0.492 e. The Labute approximate surface area is 185 Å². The normalized spacial score (nSPS) is 10.7. The SMILES string of the molecule is CC(C)COc1ccc(NC(=O)c2ccc(=O)n(CCOc3ccccc3)n2)cc1Cl. The molecule has 0 unspecified atom stereocenters. The summed E-state index contributed by atoms with van der Waals surface area (Å²) >= 11 is 6.24. The number of rotatable bonds is 9. The number of benzene rings is 2. The summed E-state index contributed by atoms with van der Waals surface area (Å²) in [6.45, 7) is 5.09. The van der Waals surface area contributed by atoms with Crippen molar-refractivity contribution >= 4 is 23.2 Å². The van der Waals surface area contributed by atoms with Crippen molar-refractivity contribution in [2.75, 3.05) is 18.5 Å². The predicted molar refractivity (Wildman–Crippen MR) is 120 cm³/mol. The number of aromatic nitrogens is 2. The highest BCUT2D eigenvalue weighted by atomic mass is 35.5. The van der Waals surface area contributed by atoms with Crippen LogP contribution in [0.5, 0.6) is 11.5 Å². The molecule has 3 aromatic rings. The molecule has 1 amide bonds. The molecule has 0 aliphatic carbocycles. The smallest absolute Gasteiger partial charge is 0.276 e. The summed E-state index contributed by atoms with van der Waals surface area (Å²) in [5, 5.41) is 7.27. The van der Waals surface area contributed by atoms with Gasteiger partial charge < -0.3 is 14.8 Å². The standard InChI is InChI=1S/C23H24ClN3O4/c1-16(2)15-31-21-10-8-17(14-19(21)24)25-23(29)20-9-11-22(28)27(26-20)12-13-30-18-6-4-3-5-7-18/h3-11,14,16H,12-13,15H2,1-2H3,(H,25,29). The zero-order valence-electron chi connectivity index (χ0n) is 17.4. The van der Waals surface area contributed by atoms with Crippen LogP contribution in [-0.4, -0.2) is 28.9 Å². The third-order valence-electron chi connectivity index (χ3n) is 4.18. The minimum absolute atomic E-state index is 0.107. The zero-order valence-corrected chi connectivity index (χ0v) is 18.1. The second-order valence-corrected chi connectivity index (χ2v) is 7.65. The Hall–Kier alpha value is -3.32. The number of nitrogens with zero attached hydrogens (tertiary/aromatic N) is 2. The van der Waals surface area contributed by atoms with Gasteiger partial charge in [0.15, 0.2) is 0 Å². The van der Waals surface area contributed by atoms with Crippen molar-refractivity contribution in [2.24, 2.45) is 5.92 Å². The highest BCUT2D eigenvalue weighted by molar-refractivity contribution is 6.32. The van der Waals surface area contributed by atoms with Gasteiger partial charge in [0.25, 0.3) is 11.5 Å². The minimum Gasteiger partial charge on any atom is -0.492 e. The summed E-state index contributed by atoms with van der Waals surface area (Å²) in [6, 6.07) is 17.0. The molecule has 0 aliphatic heterocycles. The van der Waals surface area contributed by atoms with Crippen molar-refractivity contribution in [3.63, 3.8) is 0 Å². The van der Waals surface area contributed by atoms with E-state index in [0.717, 1.165) is 0 Å². The molecule has 2 aromatic carbocycles. The van der Waals surface area contributed by atoms with Crippen LogP contribution in [0.15, 0.2) is 65.5 Å². The van der Waals surface area contributed by atoms with Crippen molar-refractivity contribution in [2.45, 2.75) is 20.4 Å². The van der Waals surface area contributed by atoms with Crippen molar-refractivity contribution in [3.05, 3.63) is 81.7 Å². The summed E-state index contributed by atoms with van der Waals surface area (Å²) < 4.78 is 12.4. The molecule has 7 nitrogen and oxygen atoms in total. The van der Waals surface area contributed by atoms with Crippen LogP contribution < -0.4 is 20.3 Å². The average molecular weight is 442 g/mol. The predicted octanol–water partition coefficient (Wildman–Crippen LogP) is 4.26. The lowest BCUT2D eigenvalue weighted by Crippen LogP contribution is -2.28. The first-order chi connectivity index (χ1) is 14.9. The molecule has 1 aromatic heterocycles. The molecule has 0 spiro atoms. The van der Waals surface area contributed by atoms with Crippen LogP contribution in [0.1, 0.15) is 24.3 Å². The van der Waals surface area contributed by atoms with Crippen LogP contribution in [0.25, 0.3) is 0 Å². The number of anilines is 1. The first-order valence-electron chi connectivity index (χ1n) is 9.92. The summed E-state index contributed by atoms with van der Waals surface area (Å²) in [7, 11) is 0. The first-order valence-corrected chi connectivity index (χ1v) is 10.3. The number of nitrogens with one attached hydrogen (secondary N) is 1. The lowest BCUT2D eigenvalue weighted by Gasteiger charge is -2.12. The fourth-order valence-electron chi connectivity index (χ4n) is 2.64. The molecule has 1 heterocycles. The molecule has 0 bridgehead atoms. The Morgan fingerprint density at radius 3 is 2.58 bits per heavy atom. The molecule has 0 aliphatic rings. The number of halogens is 1. The highest BCUT2D eigenvalue weighted by Crippen LogP contribution is 2.28. The minimum atomic E-state index is -0.454. The summed E-state index contributed by atoms with van der Waals surface area (Å²) in [4.78, 5) is 24.7. The van der Waals surface area contributed by atoms with Crippen molar-refractivity contribution in [1.29, 1.82) is 0 Å². The van der Waals surface area contributed by atoms with Crippen LogP contribution in [-0.2, 0) is 6.54 Å². The van der Waals surface area contributed by atoms with Gasteiger partial charge in [-0.1, -0.05) is 43.6 Å². The molecule has 0 saturated carbocycles. The topological polar surface area (TPSA) is 82.5 Å². The molecule has 8 heteroatoms. The molecular weight excluding hydrogens is 418 g/mol. The second kappa shape index (κ2) is 10.6. The molecule has 0 radical (unpaired) electrons. The molecular formula is C23H24ClN3O4. The van der Waals surface area contributed by atoms with E-state index in [-0.39, 0.29) is 24.4 Å². The van der Waals surface area contributed by atoms with E-state index in [4.69, 9.17) is 21.1 Å². The maximum absolute atomic E-state index is 12.6. The third kappa shape index (κ3) is 6.58.